The van der Waals surface area contributed by atoms with Gasteiger partial charge in [-0.25, -0.2) is 0 Å². The first-order valence-electron chi connectivity index (χ1n) is 7.85. The van der Waals surface area contributed by atoms with Crippen molar-refractivity contribution in [2.45, 2.75) is 57.7 Å². The lowest BCUT2D eigenvalue weighted by Crippen LogP contribution is -2.10. The summed E-state index contributed by atoms with van der Waals surface area (Å²) in [5.41, 5.74) is 4.69. The molecule has 2 rings (SSSR count). The molecule has 1 heteroatoms. The molecule has 0 amide bonds. The summed E-state index contributed by atoms with van der Waals surface area (Å²) in [5, 5.41) is 0.942. The lowest BCUT2D eigenvalue weighted by molar-refractivity contribution is 0.590. The summed E-state index contributed by atoms with van der Waals surface area (Å²) in [6, 6.07) is 19.3. The molecule has 0 aliphatic rings. The van der Waals surface area contributed by atoms with Crippen LogP contribution in [0.25, 0.3) is 0 Å². The van der Waals surface area contributed by atoms with Crippen LogP contribution in [0.2, 0.25) is 0 Å². The molecule has 0 aromatic heterocycles. The van der Waals surface area contributed by atoms with E-state index in [-0.39, 0.29) is 5.41 Å². The third kappa shape index (κ3) is 6.36. The van der Waals surface area contributed by atoms with Crippen LogP contribution in [-0.2, 0) is 16.2 Å². The van der Waals surface area contributed by atoms with Crippen LogP contribution in [0.15, 0.2) is 54.6 Å². The number of hydrogen-bond acceptors (Lipinski definition) is 0. The van der Waals surface area contributed by atoms with Gasteiger partial charge in [-0.1, -0.05) is 112 Å². The summed E-state index contributed by atoms with van der Waals surface area (Å²) >= 11 is 3.43. The van der Waals surface area contributed by atoms with Gasteiger partial charge in [0.1, 0.15) is 0 Å². The second kappa shape index (κ2) is 7.97. The molecule has 0 fully saturated rings. The van der Waals surface area contributed by atoms with Crippen LogP contribution in [-0.4, -0.2) is 0 Å². The average Bonchev–Trinajstić information content (AvgIpc) is 2.47. The second-order valence-electron chi connectivity index (χ2n) is 7.70. The minimum absolute atomic E-state index is 0.269. The predicted molar refractivity (Wildman–Crippen MR) is 103 cm³/mol. The molecule has 0 saturated carbocycles. The quantitative estimate of drug-likeness (QED) is 0.487. The minimum atomic E-state index is 0.269. The van der Waals surface area contributed by atoms with Crippen molar-refractivity contribution in [1.82, 2.24) is 0 Å². The predicted octanol–water partition coefficient (Wildman–Crippen LogP) is 6.86. The fourth-order valence-corrected chi connectivity index (χ4v) is 2.41. The number of hydrogen-bond donors (Lipinski definition) is 0. The van der Waals surface area contributed by atoms with Gasteiger partial charge in [0.05, 0.1) is 0 Å². The molecular weight excluding hydrogens is 332 g/mol. The van der Waals surface area contributed by atoms with Crippen LogP contribution >= 0.6 is 15.9 Å². The highest BCUT2D eigenvalue weighted by atomic mass is 79.9. The molecular formula is C21H29Br. The molecule has 0 radical (unpaired) electrons. The first-order chi connectivity index (χ1) is 10.1. The SMILES string of the molecule is CC(C)(C)c1ccc(CBr)cc1.CC(C)(C)c1ccccc1. The van der Waals surface area contributed by atoms with E-state index in [4.69, 9.17) is 0 Å². The largest absolute Gasteiger partial charge is 0.0876 e. The Kier molecular flexibility index (Phi) is 6.87. The zero-order valence-electron chi connectivity index (χ0n) is 14.8. The van der Waals surface area contributed by atoms with Gasteiger partial charge in [-0.15, -0.1) is 0 Å². The van der Waals surface area contributed by atoms with Crippen molar-refractivity contribution in [3.63, 3.8) is 0 Å². The smallest absolute Gasteiger partial charge is 0.0283 e. The van der Waals surface area contributed by atoms with Crippen molar-refractivity contribution in [1.29, 1.82) is 0 Å². The number of rotatable bonds is 1. The van der Waals surface area contributed by atoms with Crippen molar-refractivity contribution in [2.75, 3.05) is 0 Å². The monoisotopic (exact) mass is 360 g/mol. The standard InChI is InChI=1S/C11H15Br.C10H14/c1-11(2,3)10-6-4-9(8-12)5-7-10;1-10(2,3)9-7-5-4-6-8-9/h4-7H,8H2,1-3H3;4-8H,1-3H3. The maximum atomic E-state index is 3.43. The molecule has 0 bridgehead atoms. The fourth-order valence-electron chi connectivity index (χ4n) is 2.03. The van der Waals surface area contributed by atoms with Crippen LogP contribution in [0, 0.1) is 0 Å². The number of alkyl halides is 1. The Bertz CT molecular complexity index is 539. The van der Waals surface area contributed by atoms with E-state index in [1.165, 1.54) is 16.7 Å². The lowest BCUT2D eigenvalue weighted by atomic mass is 9.87. The zero-order chi connectivity index (χ0) is 16.8. The zero-order valence-corrected chi connectivity index (χ0v) is 16.4. The van der Waals surface area contributed by atoms with E-state index in [9.17, 15) is 0 Å². The fraction of sp³-hybridized carbons (Fsp3) is 0.429. The number of halogens is 1. The highest BCUT2D eigenvalue weighted by Crippen LogP contribution is 2.22. The summed E-state index contributed by atoms with van der Waals surface area (Å²) in [6.45, 7) is 13.4. The minimum Gasteiger partial charge on any atom is -0.0876 e. The molecule has 22 heavy (non-hydrogen) atoms. The Morgan fingerprint density at radius 2 is 1.05 bits per heavy atom. The van der Waals surface area contributed by atoms with Crippen LogP contribution in [0.1, 0.15) is 58.2 Å². The van der Waals surface area contributed by atoms with Crippen molar-refractivity contribution < 1.29 is 0 Å². The van der Waals surface area contributed by atoms with Crippen LogP contribution in [0.4, 0.5) is 0 Å². The molecule has 120 valence electrons. The maximum Gasteiger partial charge on any atom is 0.0283 e. The molecule has 0 spiro atoms. The van der Waals surface area contributed by atoms with E-state index in [0.717, 1.165) is 5.33 Å². The first-order valence-corrected chi connectivity index (χ1v) is 8.97. The van der Waals surface area contributed by atoms with Gasteiger partial charge in [0, 0.05) is 5.33 Å². The Morgan fingerprint density at radius 1 is 0.636 bits per heavy atom. The summed E-state index contributed by atoms with van der Waals surface area (Å²) in [5.74, 6) is 0. The molecule has 0 aliphatic heterocycles. The molecule has 0 heterocycles. The van der Waals surface area contributed by atoms with E-state index in [1.54, 1.807) is 0 Å². The molecule has 2 aromatic rings. The van der Waals surface area contributed by atoms with Crippen LogP contribution in [0.5, 0.6) is 0 Å². The Labute approximate surface area is 145 Å². The molecule has 0 aliphatic carbocycles. The van der Waals surface area contributed by atoms with Gasteiger partial charge in [-0.05, 0) is 27.5 Å². The molecule has 0 unspecified atom stereocenters. The summed E-state index contributed by atoms with van der Waals surface area (Å²) in [6.07, 6.45) is 0. The van der Waals surface area contributed by atoms with E-state index in [0.29, 0.717) is 5.41 Å². The lowest BCUT2D eigenvalue weighted by Gasteiger charge is -2.18. The van der Waals surface area contributed by atoms with Crippen LogP contribution < -0.4 is 0 Å². The van der Waals surface area contributed by atoms with Crippen molar-refractivity contribution in [3.05, 3.63) is 71.3 Å². The van der Waals surface area contributed by atoms with E-state index in [2.05, 4.69) is 112 Å². The molecule has 2 aromatic carbocycles. The van der Waals surface area contributed by atoms with Crippen molar-refractivity contribution in [3.8, 4) is 0 Å². The topological polar surface area (TPSA) is 0 Å². The summed E-state index contributed by atoms with van der Waals surface area (Å²) < 4.78 is 0. The van der Waals surface area contributed by atoms with Gasteiger partial charge in [0.15, 0.2) is 0 Å². The maximum absolute atomic E-state index is 3.43. The molecule has 0 saturated heterocycles. The summed E-state index contributed by atoms with van der Waals surface area (Å²) in [4.78, 5) is 0. The average molecular weight is 361 g/mol. The number of benzene rings is 2. The van der Waals surface area contributed by atoms with Crippen molar-refractivity contribution >= 4 is 15.9 Å². The first kappa shape index (κ1) is 19.0. The molecule has 0 atom stereocenters. The Hall–Kier alpha value is -1.08. The normalized spacial score (nSPS) is 11.6. The highest BCUT2D eigenvalue weighted by molar-refractivity contribution is 9.08. The van der Waals surface area contributed by atoms with Crippen LogP contribution in [0.3, 0.4) is 0 Å². The molecule has 0 N–H and O–H groups in total. The van der Waals surface area contributed by atoms with Gasteiger partial charge in [-0.3, -0.25) is 0 Å². The van der Waals surface area contributed by atoms with E-state index >= 15 is 0 Å². The van der Waals surface area contributed by atoms with Gasteiger partial charge in [0.2, 0.25) is 0 Å². The Balaban J connectivity index is 0.000000224. The van der Waals surface area contributed by atoms with Gasteiger partial charge in [-0.2, -0.15) is 0 Å². The summed E-state index contributed by atoms with van der Waals surface area (Å²) in [7, 11) is 0. The van der Waals surface area contributed by atoms with E-state index < -0.39 is 0 Å². The van der Waals surface area contributed by atoms with Gasteiger partial charge >= 0.3 is 0 Å². The molecule has 0 nitrogen and oxygen atoms in total. The third-order valence-corrected chi connectivity index (χ3v) is 4.26. The van der Waals surface area contributed by atoms with Crippen molar-refractivity contribution in [2.24, 2.45) is 0 Å². The second-order valence-corrected chi connectivity index (χ2v) is 8.26. The van der Waals surface area contributed by atoms with E-state index in [1.807, 2.05) is 0 Å². The van der Waals surface area contributed by atoms with Gasteiger partial charge in [0.25, 0.3) is 0 Å². The Morgan fingerprint density at radius 3 is 1.36 bits per heavy atom. The highest BCUT2D eigenvalue weighted by Gasteiger charge is 2.12. The van der Waals surface area contributed by atoms with Gasteiger partial charge < -0.3 is 0 Å². The third-order valence-electron chi connectivity index (χ3n) is 3.61.